The maximum Gasteiger partial charge on any atom is 0.234 e. The Hall–Kier alpha value is -1.83. The molecule has 0 saturated heterocycles. The summed E-state index contributed by atoms with van der Waals surface area (Å²) in [6.45, 7) is 6.39. The van der Waals surface area contributed by atoms with Crippen LogP contribution in [-0.4, -0.2) is 42.2 Å². The largest absolute Gasteiger partial charge is 0.384 e. The topological polar surface area (TPSA) is 52.6 Å². The Balaban J connectivity index is 2.67. The summed E-state index contributed by atoms with van der Waals surface area (Å²) in [6.07, 6.45) is 0. The van der Waals surface area contributed by atoms with Crippen LogP contribution in [0.3, 0.4) is 0 Å². The van der Waals surface area contributed by atoms with Crippen molar-refractivity contribution in [3.05, 3.63) is 35.4 Å². The third-order valence-corrected chi connectivity index (χ3v) is 2.83. The zero-order valence-electron chi connectivity index (χ0n) is 12.1. The van der Waals surface area contributed by atoms with Crippen LogP contribution >= 0.6 is 0 Å². The minimum absolute atomic E-state index is 0.0468. The van der Waals surface area contributed by atoms with Crippen LogP contribution in [0, 0.1) is 11.8 Å². The third kappa shape index (κ3) is 5.87. The van der Waals surface area contributed by atoms with Crippen LogP contribution in [0.2, 0.25) is 0 Å². The first-order chi connectivity index (χ1) is 9.69. The minimum atomic E-state index is -0.136. The molecule has 0 fully saturated rings. The molecule has 0 aliphatic carbocycles. The van der Waals surface area contributed by atoms with E-state index < -0.39 is 0 Å². The van der Waals surface area contributed by atoms with E-state index in [1.165, 1.54) is 0 Å². The molecule has 0 atom stereocenters. The molecule has 1 amide bonds. The molecule has 0 aliphatic rings. The second-order valence-corrected chi connectivity index (χ2v) is 4.42. The summed E-state index contributed by atoms with van der Waals surface area (Å²) in [4.78, 5) is 13.7. The van der Waals surface area contributed by atoms with E-state index in [-0.39, 0.29) is 12.5 Å². The zero-order chi connectivity index (χ0) is 14.8. The molecule has 0 aromatic heterocycles. The molecular formula is C16H22N2O2. The summed E-state index contributed by atoms with van der Waals surface area (Å²) in [5, 5.41) is 11.5. The molecule has 0 unspecified atom stereocenters. The van der Waals surface area contributed by atoms with E-state index in [4.69, 9.17) is 5.11 Å². The van der Waals surface area contributed by atoms with Crippen LogP contribution in [0.1, 0.15) is 25.0 Å². The molecule has 1 rings (SSSR count). The zero-order valence-corrected chi connectivity index (χ0v) is 12.1. The maximum absolute atomic E-state index is 11.6. The fraction of sp³-hybridized carbons (Fsp3) is 0.438. The van der Waals surface area contributed by atoms with Gasteiger partial charge >= 0.3 is 0 Å². The number of carbonyl (C=O) groups is 1. The molecule has 0 spiro atoms. The SMILES string of the molecule is CCNC(=O)CN(CC)Cc1cccc(C#CCO)c1. The molecule has 0 saturated carbocycles. The van der Waals surface area contributed by atoms with Gasteiger partial charge < -0.3 is 10.4 Å². The molecule has 108 valence electrons. The Morgan fingerprint density at radius 2 is 2.20 bits per heavy atom. The van der Waals surface area contributed by atoms with Crippen molar-refractivity contribution >= 4 is 5.91 Å². The lowest BCUT2D eigenvalue weighted by atomic mass is 10.1. The average molecular weight is 274 g/mol. The van der Waals surface area contributed by atoms with Gasteiger partial charge in [-0.3, -0.25) is 9.69 Å². The summed E-state index contributed by atoms with van der Waals surface area (Å²) >= 11 is 0. The summed E-state index contributed by atoms with van der Waals surface area (Å²) in [6, 6.07) is 7.86. The summed E-state index contributed by atoms with van der Waals surface area (Å²) in [7, 11) is 0. The lowest BCUT2D eigenvalue weighted by Gasteiger charge is -2.19. The van der Waals surface area contributed by atoms with Crippen LogP contribution in [0.5, 0.6) is 0 Å². The van der Waals surface area contributed by atoms with Crippen molar-refractivity contribution in [1.82, 2.24) is 10.2 Å². The van der Waals surface area contributed by atoms with Crippen molar-refractivity contribution in [3.63, 3.8) is 0 Å². The molecule has 2 N–H and O–H groups in total. The van der Waals surface area contributed by atoms with Gasteiger partial charge in [-0.15, -0.1) is 0 Å². The van der Waals surface area contributed by atoms with Crippen molar-refractivity contribution in [3.8, 4) is 11.8 Å². The van der Waals surface area contributed by atoms with Gasteiger partial charge in [0.2, 0.25) is 5.91 Å². The van der Waals surface area contributed by atoms with Gasteiger partial charge in [-0.05, 0) is 31.2 Å². The number of benzene rings is 1. The monoisotopic (exact) mass is 274 g/mol. The Morgan fingerprint density at radius 1 is 1.40 bits per heavy atom. The Morgan fingerprint density at radius 3 is 2.85 bits per heavy atom. The number of hydrogen-bond donors (Lipinski definition) is 2. The van der Waals surface area contributed by atoms with E-state index in [1.54, 1.807) is 0 Å². The van der Waals surface area contributed by atoms with Crippen molar-refractivity contribution in [2.24, 2.45) is 0 Å². The number of aliphatic hydroxyl groups is 1. The maximum atomic E-state index is 11.6. The van der Waals surface area contributed by atoms with E-state index in [0.29, 0.717) is 19.6 Å². The van der Waals surface area contributed by atoms with Crippen molar-refractivity contribution in [1.29, 1.82) is 0 Å². The minimum Gasteiger partial charge on any atom is -0.384 e. The number of nitrogens with zero attached hydrogens (tertiary/aromatic N) is 1. The van der Waals surface area contributed by atoms with E-state index in [0.717, 1.165) is 17.7 Å². The molecule has 4 nitrogen and oxygen atoms in total. The number of likely N-dealkylation sites (N-methyl/N-ethyl adjacent to an activating group) is 2. The molecule has 0 radical (unpaired) electrons. The molecule has 0 bridgehead atoms. The number of nitrogens with one attached hydrogen (secondary N) is 1. The number of rotatable bonds is 6. The van der Waals surface area contributed by atoms with Crippen LogP contribution < -0.4 is 5.32 Å². The molecular weight excluding hydrogens is 252 g/mol. The van der Waals surface area contributed by atoms with Gasteiger partial charge in [-0.2, -0.15) is 0 Å². The lowest BCUT2D eigenvalue weighted by Crippen LogP contribution is -2.36. The quantitative estimate of drug-likeness (QED) is 0.761. The van der Waals surface area contributed by atoms with Gasteiger partial charge in [-0.1, -0.05) is 30.9 Å². The standard InChI is InChI=1S/C16H22N2O2/c1-3-17-16(20)13-18(4-2)12-15-8-5-7-14(11-15)9-6-10-19/h5,7-8,11,19H,3-4,10,12-13H2,1-2H3,(H,17,20). The number of aliphatic hydroxyl groups excluding tert-OH is 1. The van der Waals surface area contributed by atoms with Gasteiger partial charge in [0, 0.05) is 18.7 Å². The van der Waals surface area contributed by atoms with Gasteiger partial charge in [-0.25, -0.2) is 0 Å². The number of amides is 1. The van der Waals surface area contributed by atoms with E-state index in [2.05, 4.69) is 22.1 Å². The highest BCUT2D eigenvalue weighted by Crippen LogP contribution is 2.07. The third-order valence-electron chi connectivity index (χ3n) is 2.83. The molecule has 20 heavy (non-hydrogen) atoms. The first-order valence-electron chi connectivity index (χ1n) is 6.87. The number of carbonyl (C=O) groups excluding carboxylic acids is 1. The Bertz CT molecular complexity index is 489. The fourth-order valence-corrected chi connectivity index (χ4v) is 1.88. The van der Waals surface area contributed by atoms with E-state index >= 15 is 0 Å². The smallest absolute Gasteiger partial charge is 0.234 e. The van der Waals surface area contributed by atoms with Crippen molar-refractivity contribution < 1.29 is 9.90 Å². The fourth-order valence-electron chi connectivity index (χ4n) is 1.88. The number of hydrogen-bond acceptors (Lipinski definition) is 3. The molecule has 4 heteroatoms. The second kappa shape index (κ2) is 9.13. The van der Waals surface area contributed by atoms with Gasteiger partial charge in [0.05, 0.1) is 6.54 Å². The highest BCUT2D eigenvalue weighted by molar-refractivity contribution is 5.77. The van der Waals surface area contributed by atoms with E-state index in [1.807, 2.05) is 38.1 Å². The van der Waals surface area contributed by atoms with Gasteiger partial charge in [0.1, 0.15) is 6.61 Å². The first kappa shape index (κ1) is 16.2. The lowest BCUT2D eigenvalue weighted by molar-refractivity contribution is -0.122. The molecule has 0 heterocycles. The normalized spacial score (nSPS) is 10.0. The highest BCUT2D eigenvalue weighted by atomic mass is 16.2. The van der Waals surface area contributed by atoms with E-state index in [9.17, 15) is 4.79 Å². The van der Waals surface area contributed by atoms with Crippen molar-refractivity contribution in [2.45, 2.75) is 20.4 Å². The predicted molar refractivity (Wildman–Crippen MR) is 80.0 cm³/mol. The van der Waals surface area contributed by atoms with Crippen LogP contribution in [0.25, 0.3) is 0 Å². The van der Waals surface area contributed by atoms with Gasteiger partial charge in [0.15, 0.2) is 0 Å². The predicted octanol–water partition coefficient (Wildman–Crippen LogP) is 0.988. The molecule has 1 aromatic rings. The van der Waals surface area contributed by atoms with Crippen LogP contribution in [0.15, 0.2) is 24.3 Å². The summed E-state index contributed by atoms with van der Waals surface area (Å²) in [5.41, 5.74) is 1.99. The van der Waals surface area contributed by atoms with Crippen molar-refractivity contribution in [2.75, 3.05) is 26.2 Å². The average Bonchev–Trinajstić information content (AvgIpc) is 2.45. The summed E-state index contributed by atoms with van der Waals surface area (Å²) in [5.74, 6) is 5.57. The first-order valence-corrected chi connectivity index (χ1v) is 6.87. The van der Waals surface area contributed by atoms with Gasteiger partial charge in [0.25, 0.3) is 0 Å². The highest BCUT2D eigenvalue weighted by Gasteiger charge is 2.08. The summed E-state index contributed by atoms with van der Waals surface area (Å²) < 4.78 is 0. The molecule has 0 aliphatic heterocycles. The van der Waals surface area contributed by atoms with Crippen LogP contribution in [-0.2, 0) is 11.3 Å². The Labute approximate surface area is 120 Å². The Kier molecular flexibility index (Phi) is 7.41. The second-order valence-electron chi connectivity index (χ2n) is 4.42. The van der Waals surface area contributed by atoms with Crippen LogP contribution in [0.4, 0.5) is 0 Å². The molecule has 1 aromatic carbocycles.